The summed E-state index contributed by atoms with van der Waals surface area (Å²) in [7, 11) is 0. The number of hydrogen-bond acceptors (Lipinski definition) is 5. The highest BCUT2D eigenvalue weighted by Crippen LogP contribution is 2.11. The number of fused-ring (bicyclic) bond motifs is 1. The molecule has 1 aromatic carbocycles. The van der Waals surface area contributed by atoms with E-state index in [4.69, 9.17) is 4.42 Å². The van der Waals surface area contributed by atoms with Crippen LogP contribution in [0.3, 0.4) is 0 Å². The minimum Gasteiger partial charge on any atom is -0.459 e. The van der Waals surface area contributed by atoms with Crippen LogP contribution in [-0.2, 0) is 11.3 Å². The molecule has 2 heterocycles. The summed E-state index contributed by atoms with van der Waals surface area (Å²) in [6.45, 7) is 2.22. The third-order valence-electron chi connectivity index (χ3n) is 3.85. The van der Waals surface area contributed by atoms with Crippen LogP contribution in [0.25, 0.3) is 10.9 Å². The van der Waals surface area contributed by atoms with Crippen molar-refractivity contribution in [2.24, 2.45) is 0 Å². The Balaban J connectivity index is 1.54. The molecule has 3 aromatic rings. The van der Waals surface area contributed by atoms with Crippen molar-refractivity contribution < 1.29 is 14.0 Å². The topological polar surface area (TPSA) is 106 Å². The molecule has 0 aliphatic carbocycles. The molecular formula is C18H18N4O4. The average Bonchev–Trinajstić information content (AvgIpc) is 3.16. The van der Waals surface area contributed by atoms with E-state index < -0.39 is 0 Å². The zero-order valence-corrected chi connectivity index (χ0v) is 14.2. The lowest BCUT2D eigenvalue weighted by Crippen LogP contribution is -2.37. The highest BCUT2D eigenvalue weighted by Gasteiger charge is 2.10. The Morgan fingerprint density at radius 2 is 1.96 bits per heavy atom. The van der Waals surface area contributed by atoms with E-state index in [2.05, 4.69) is 15.6 Å². The molecule has 0 spiro atoms. The van der Waals surface area contributed by atoms with E-state index in [0.717, 1.165) is 5.56 Å². The molecule has 2 N–H and O–H groups in total. The largest absolute Gasteiger partial charge is 0.459 e. The lowest BCUT2D eigenvalue weighted by Gasteiger charge is -2.09. The Hall–Kier alpha value is -3.42. The maximum absolute atomic E-state index is 12.4. The van der Waals surface area contributed by atoms with Crippen LogP contribution in [0.4, 0.5) is 0 Å². The molecule has 0 fully saturated rings. The highest BCUT2D eigenvalue weighted by molar-refractivity contribution is 5.91. The monoisotopic (exact) mass is 354 g/mol. The predicted molar refractivity (Wildman–Crippen MR) is 94.8 cm³/mol. The molecule has 0 aliphatic heterocycles. The Morgan fingerprint density at radius 1 is 1.15 bits per heavy atom. The first-order valence-corrected chi connectivity index (χ1v) is 8.09. The quantitative estimate of drug-likeness (QED) is 0.638. The number of para-hydroxylation sites is 1. The molecule has 0 atom stereocenters. The molecule has 8 nitrogen and oxygen atoms in total. The van der Waals surface area contributed by atoms with Crippen LogP contribution in [0, 0.1) is 6.92 Å². The lowest BCUT2D eigenvalue weighted by molar-refractivity contribution is -0.121. The van der Waals surface area contributed by atoms with Crippen molar-refractivity contribution in [2.45, 2.75) is 13.5 Å². The van der Waals surface area contributed by atoms with Crippen LogP contribution in [0.15, 0.2) is 52.1 Å². The molecular weight excluding hydrogens is 336 g/mol. The van der Waals surface area contributed by atoms with E-state index in [1.54, 1.807) is 24.3 Å². The molecule has 0 bridgehead atoms. The van der Waals surface area contributed by atoms with E-state index >= 15 is 0 Å². The molecule has 2 aromatic heterocycles. The fourth-order valence-electron chi connectivity index (χ4n) is 2.53. The second-order valence-electron chi connectivity index (χ2n) is 5.73. The molecule has 3 rings (SSSR count). The average molecular weight is 354 g/mol. The van der Waals surface area contributed by atoms with Crippen molar-refractivity contribution in [1.82, 2.24) is 20.2 Å². The van der Waals surface area contributed by atoms with Gasteiger partial charge < -0.3 is 15.1 Å². The smallest absolute Gasteiger partial charge is 0.287 e. The molecule has 0 radical (unpaired) electrons. The molecule has 0 aliphatic rings. The number of nitrogens with zero attached hydrogens (tertiary/aromatic N) is 2. The standard InChI is InChI=1S/C18H18N4O4/c1-12-4-2-5-13-16(12)21-11-22(18(13)25)10-15(23)19-7-8-20-17(24)14-6-3-9-26-14/h2-6,9,11H,7-8,10H2,1H3,(H,19,23)(H,20,24). The molecule has 0 saturated carbocycles. The van der Waals surface area contributed by atoms with E-state index in [1.165, 1.54) is 17.2 Å². The fraction of sp³-hybridized carbons (Fsp3) is 0.222. The maximum Gasteiger partial charge on any atom is 0.287 e. The first kappa shape index (κ1) is 17.4. The van der Waals surface area contributed by atoms with Gasteiger partial charge in [-0.2, -0.15) is 0 Å². The Bertz CT molecular complexity index is 992. The third-order valence-corrected chi connectivity index (χ3v) is 3.85. The van der Waals surface area contributed by atoms with Crippen molar-refractivity contribution in [3.63, 3.8) is 0 Å². The van der Waals surface area contributed by atoms with Gasteiger partial charge in [-0.25, -0.2) is 4.98 Å². The molecule has 8 heteroatoms. The van der Waals surface area contributed by atoms with Crippen LogP contribution < -0.4 is 16.2 Å². The number of rotatable bonds is 6. The third kappa shape index (κ3) is 3.80. The number of carbonyl (C=O) groups excluding carboxylic acids is 2. The minimum atomic E-state index is -0.352. The van der Waals surface area contributed by atoms with Gasteiger partial charge in [0.25, 0.3) is 11.5 Å². The van der Waals surface area contributed by atoms with Gasteiger partial charge in [-0.3, -0.25) is 19.0 Å². The Morgan fingerprint density at radius 3 is 2.73 bits per heavy atom. The van der Waals surface area contributed by atoms with Gasteiger partial charge in [0.15, 0.2) is 5.76 Å². The van der Waals surface area contributed by atoms with Crippen molar-refractivity contribution in [3.05, 3.63) is 64.6 Å². The number of aryl methyl sites for hydroxylation is 1. The summed E-state index contributed by atoms with van der Waals surface area (Å²) in [5.74, 6) is -0.483. The number of furan rings is 1. The number of nitrogens with one attached hydrogen (secondary N) is 2. The van der Waals surface area contributed by atoms with Crippen LogP contribution in [-0.4, -0.2) is 34.5 Å². The van der Waals surface area contributed by atoms with Gasteiger partial charge in [0, 0.05) is 13.1 Å². The second-order valence-corrected chi connectivity index (χ2v) is 5.73. The van der Waals surface area contributed by atoms with Crippen molar-refractivity contribution in [2.75, 3.05) is 13.1 Å². The van der Waals surface area contributed by atoms with E-state index in [-0.39, 0.29) is 42.8 Å². The van der Waals surface area contributed by atoms with Crippen LogP contribution in [0.5, 0.6) is 0 Å². The zero-order valence-electron chi connectivity index (χ0n) is 14.2. The van der Waals surface area contributed by atoms with Crippen molar-refractivity contribution in [3.8, 4) is 0 Å². The first-order valence-electron chi connectivity index (χ1n) is 8.09. The highest BCUT2D eigenvalue weighted by atomic mass is 16.3. The molecule has 0 saturated heterocycles. The minimum absolute atomic E-state index is 0.137. The van der Waals surface area contributed by atoms with Gasteiger partial charge in [-0.15, -0.1) is 0 Å². The van der Waals surface area contributed by atoms with Crippen LogP contribution >= 0.6 is 0 Å². The number of aromatic nitrogens is 2. The van der Waals surface area contributed by atoms with E-state index in [1.807, 2.05) is 13.0 Å². The van der Waals surface area contributed by atoms with Gasteiger partial charge in [0.2, 0.25) is 5.91 Å². The Labute approximate surface area is 148 Å². The predicted octanol–water partition coefficient (Wildman–Crippen LogP) is 0.844. The summed E-state index contributed by atoms with van der Waals surface area (Å²) in [5.41, 5.74) is 1.28. The van der Waals surface area contributed by atoms with E-state index in [0.29, 0.717) is 10.9 Å². The van der Waals surface area contributed by atoms with Gasteiger partial charge >= 0.3 is 0 Å². The maximum atomic E-state index is 12.4. The summed E-state index contributed by atoms with van der Waals surface area (Å²) in [6, 6.07) is 8.52. The fourth-order valence-corrected chi connectivity index (χ4v) is 2.53. The van der Waals surface area contributed by atoms with Gasteiger partial charge in [0.1, 0.15) is 6.54 Å². The number of carbonyl (C=O) groups is 2. The molecule has 2 amide bonds. The Kier molecular flexibility index (Phi) is 5.12. The van der Waals surface area contributed by atoms with Crippen LogP contribution in [0.2, 0.25) is 0 Å². The summed E-state index contributed by atoms with van der Waals surface area (Å²) in [5, 5.41) is 5.74. The summed E-state index contributed by atoms with van der Waals surface area (Å²) >= 11 is 0. The number of benzene rings is 1. The first-order chi connectivity index (χ1) is 12.6. The normalized spacial score (nSPS) is 10.7. The molecule has 0 unspecified atom stereocenters. The van der Waals surface area contributed by atoms with E-state index in [9.17, 15) is 14.4 Å². The van der Waals surface area contributed by atoms with Gasteiger partial charge in [0.05, 0.1) is 23.5 Å². The van der Waals surface area contributed by atoms with Gasteiger partial charge in [-0.05, 0) is 30.7 Å². The number of amides is 2. The molecule has 26 heavy (non-hydrogen) atoms. The van der Waals surface area contributed by atoms with Crippen LogP contribution in [0.1, 0.15) is 16.1 Å². The molecule has 134 valence electrons. The van der Waals surface area contributed by atoms with Crippen molar-refractivity contribution >= 4 is 22.7 Å². The van der Waals surface area contributed by atoms with Crippen molar-refractivity contribution in [1.29, 1.82) is 0 Å². The SMILES string of the molecule is Cc1cccc2c(=O)n(CC(=O)NCCNC(=O)c3ccco3)cnc12. The zero-order chi connectivity index (χ0) is 18.5. The second kappa shape index (κ2) is 7.64. The summed E-state index contributed by atoms with van der Waals surface area (Å²) in [6.07, 6.45) is 2.78. The lowest BCUT2D eigenvalue weighted by atomic mass is 10.1. The van der Waals surface area contributed by atoms with Gasteiger partial charge in [-0.1, -0.05) is 12.1 Å². The summed E-state index contributed by atoms with van der Waals surface area (Å²) in [4.78, 5) is 40.4. The number of hydrogen-bond donors (Lipinski definition) is 2. The summed E-state index contributed by atoms with van der Waals surface area (Å²) < 4.78 is 6.23.